The monoisotopic (exact) mass is 340 g/mol. The van der Waals surface area contributed by atoms with Crippen LogP contribution in [0.25, 0.3) is 0 Å². The number of nitrogens with one attached hydrogen (secondary N) is 1. The molecular formula is C19H20N2O4. The minimum Gasteiger partial charge on any atom is -0.486 e. The topological polar surface area (TPSA) is 80.7 Å². The van der Waals surface area contributed by atoms with Crippen molar-refractivity contribution in [1.29, 1.82) is 0 Å². The van der Waals surface area contributed by atoms with Gasteiger partial charge in [-0.25, -0.2) is 0 Å². The predicted molar refractivity (Wildman–Crippen MR) is 90.6 cm³/mol. The maximum absolute atomic E-state index is 12.9. The second-order valence-corrected chi connectivity index (χ2v) is 6.42. The van der Waals surface area contributed by atoms with Crippen LogP contribution in [0.15, 0.2) is 42.6 Å². The highest BCUT2D eigenvalue weighted by Gasteiger charge is 2.37. The number of aliphatic hydroxyl groups is 1. The average Bonchev–Trinajstić information content (AvgIpc) is 2.64. The van der Waals surface area contributed by atoms with Crippen molar-refractivity contribution in [3.63, 3.8) is 0 Å². The van der Waals surface area contributed by atoms with E-state index in [1.807, 2.05) is 18.2 Å². The number of hydrogen-bond acceptors (Lipinski definition) is 5. The first-order valence-electron chi connectivity index (χ1n) is 8.51. The summed E-state index contributed by atoms with van der Waals surface area (Å²) in [6.45, 7) is 0.907. The minimum absolute atomic E-state index is 0.172. The molecule has 6 nitrogen and oxygen atoms in total. The van der Waals surface area contributed by atoms with E-state index in [9.17, 15) is 9.90 Å². The summed E-state index contributed by atoms with van der Waals surface area (Å²) in [7, 11) is 0. The fourth-order valence-electron chi connectivity index (χ4n) is 3.37. The van der Waals surface area contributed by atoms with Crippen LogP contribution in [-0.2, 0) is 0 Å². The lowest BCUT2D eigenvalue weighted by atomic mass is 9.76. The number of aliphatic hydroxyl groups excluding tert-OH is 1. The van der Waals surface area contributed by atoms with Gasteiger partial charge in [0.1, 0.15) is 13.2 Å². The first-order chi connectivity index (χ1) is 12.2. The van der Waals surface area contributed by atoms with Crippen LogP contribution in [0, 0.1) is 5.92 Å². The Hall–Kier alpha value is -2.60. The number of amides is 1. The van der Waals surface area contributed by atoms with E-state index in [0.29, 0.717) is 43.1 Å². The minimum atomic E-state index is -0.297. The summed E-state index contributed by atoms with van der Waals surface area (Å²) < 4.78 is 11.2. The number of carbonyl (C=O) groups is 1. The molecule has 0 spiro atoms. The molecule has 2 aromatic rings. The lowest BCUT2D eigenvalue weighted by Crippen LogP contribution is -2.42. The molecule has 0 bridgehead atoms. The van der Waals surface area contributed by atoms with Gasteiger partial charge in [-0.3, -0.25) is 9.78 Å². The van der Waals surface area contributed by atoms with Gasteiger partial charge in [0.15, 0.2) is 11.5 Å². The number of benzene rings is 1. The Balaban J connectivity index is 1.59. The van der Waals surface area contributed by atoms with Gasteiger partial charge in [0.05, 0.1) is 23.4 Å². The fraction of sp³-hybridized carbons (Fsp3) is 0.368. The number of nitrogens with zero attached hydrogens (tertiary/aromatic N) is 1. The molecule has 1 saturated carbocycles. The van der Waals surface area contributed by atoms with Gasteiger partial charge >= 0.3 is 0 Å². The zero-order valence-electron chi connectivity index (χ0n) is 13.7. The van der Waals surface area contributed by atoms with Crippen LogP contribution in [0.5, 0.6) is 11.5 Å². The standard InChI is InChI=1S/C19H20N2O4/c22-13-10-12(11-13)17(15-5-1-2-7-20-15)21-19(23)14-4-3-6-16-18(14)25-9-8-24-16/h1-7,12-13,17,22H,8-11H2,(H,21,23)/t12?,13?,17-/m0/s1. The van der Waals surface area contributed by atoms with Crippen molar-refractivity contribution < 1.29 is 19.4 Å². The molecule has 2 N–H and O–H groups in total. The third-order valence-corrected chi connectivity index (χ3v) is 4.72. The summed E-state index contributed by atoms with van der Waals surface area (Å²) in [4.78, 5) is 17.3. The molecule has 1 aromatic heterocycles. The number of ether oxygens (including phenoxy) is 2. The number of carbonyl (C=O) groups excluding carboxylic acids is 1. The second-order valence-electron chi connectivity index (χ2n) is 6.42. The molecule has 130 valence electrons. The van der Waals surface area contributed by atoms with Gasteiger partial charge in [-0.15, -0.1) is 0 Å². The zero-order valence-corrected chi connectivity index (χ0v) is 13.7. The van der Waals surface area contributed by atoms with Crippen molar-refractivity contribution in [2.45, 2.75) is 25.0 Å². The van der Waals surface area contributed by atoms with Gasteiger partial charge < -0.3 is 19.9 Å². The normalized spacial score (nSPS) is 22.6. The van der Waals surface area contributed by atoms with E-state index in [2.05, 4.69) is 10.3 Å². The SMILES string of the molecule is O=C(N[C@H](c1ccccn1)C1CC(O)C1)c1cccc2c1OCCO2. The van der Waals surface area contributed by atoms with Crippen LogP contribution in [0.3, 0.4) is 0 Å². The Labute approximate surface area is 145 Å². The third-order valence-electron chi connectivity index (χ3n) is 4.72. The van der Waals surface area contributed by atoms with Crippen LogP contribution in [0.4, 0.5) is 0 Å². The van der Waals surface area contributed by atoms with Crippen molar-refractivity contribution >= 4 is 5.91 Å². The predicted octanol–water partition coefficient (Wildman–Crippen LogP) is 2.09. The van der Waals surface area contributed by atoms with Crippen LogP contribution in [-0.4, -0.2) is 35.3 Å². The number of hydrogen-bond donors (Lipinski definition) is 2. The molecule has 1 aromatic carbocycles. The number of pyridine rings is 1. The van der Waals surface area contributed by atoms with Crippen LogP contribution in [0.2, 0.25) is 0 Å². The summed E-state index contributed by atoms with van der Waals surface area (Å²) in [5, 5.41) is 12.7. The fourth-order valence-corrected chi connectivity index (χ4v) is 3.37. The highest BCUT2D eigenvalue weighted by atomic mass is 16.6. The van der Waals surface area contributed by atoms with Crippen molar-refractivity contribution in [2.75, 3.05) is 13.2 Å². The van der Waals surface area contributed by atoms with Crippen LogP contribution < -0.4 is 14.8 Å². The van der Waals surface area contributed by atoms with Crippen LogP contribution in [0.1, 0.15) is 34.9 Å². The molecule has 0 unspecified atom stereocenters. The zero-order chi connectivity index (χ0) is 17.2. The lowest BCUT2D eigenvalue weighted by Gasteiger charge is -2.37. The van der Waals surface area contributed by atoms with Crippen LogP contribution >= 0.6 is 0 Å². The van der Waals surface area contributed by atoms with E-state index in [4.69, 9.17) is 9.47 Å². The maximum Gasteiger partial charge on any atom is 0.255 e. The molecule has 1 fully saturated rings. The summed E-state index contributed by atoms with van der Waals surface area (Å²) in [6, 6.07) is 10.7. The molecule has 1 aliphatic carbocycles. The molecule has 2 aliphatic rings. The lowest BCUT2D eigenvalue weighted by molar-refractivity contribution is 0.0227. The Kier molecular flexibility index (Phi) is 4.28. The molecule has 1 amide bonds. The first-order valence-corrected chi connectivity index (χ1v) is 8.51. The molecule has 6 heteroatoms. The van der Waals surface area contributed by atoms with Gasteiger partial charge in [-0.05, 0) is 43.0 Å². The maximum atomic E-state index is 12.9. The number of rotatable bonds is 4. The van der Waals surface area contributed by atoms with E-state index in [0.717, 1.165) is 5.69 Å². The Morgan fingerprint density at radius 1 is 1.16 bits per heavy atom. The van der Waals surface area contributed by atoms with E-state index in [-0.39, 0.29) is 24.0 Å². The molecule has 2 heterocycles. The van der Waals surface area contributed by atoms with Gasteiger partial charge in [0.2, 0.25) is 0 Å². The second kappa shape index (κ2) is 6.72. The molecular weight excluding hydrogens is 320 g/mol. The smallest absolute Gasteiger partial charge is 0.255 e. The molecule has 1 atom stereocenters. The van der Waals surface area contributed by atoms with Gasteiger partial charge in [0.25, 0.3) is 5.91 Å². The van der Waals surface area contributed by atoms with E-state index >= 15 is 0 Å². The molecule has 1 aliphatic heterocycles. The van der Waals surface area contributed by atoms with E-state index < -0.39 is 0 Å². The summed E-state index contributed by atoms with van der Waals surface area (Å²) >= 11 is 0. The van der Waals surface area contributed by atoms with Gasteiger partial charge in [-0.2, -0.15) is 0 Å². The molecule has 0 radical (unpaired) electrons. The molecule has 25 heavy (non-hydrogen) atoms. The number of aromatic nitrogens is 1. The highest BCUT2D eigenvalue weighted by molar-refractivity contribution is 5.98. The van der Waals surface area contributed by atoms with Crippen molar-refractivity contribution in [1.82, 2.24) is 10.3 Å². The number of fused-ring (bicyclic) bond motifs is 1. The molecule has 0 saturated heterocycles. The van der Waals surface area contributed by atoms with Crippen molar-refractivity contribution in [2.24, 2.45) is 5.92 Å². The van der Waals surface area contributed by atoms with Gasteiger partial charge in [-0.1, -0.05) is 12.1 Å². The largest absolute Gasteiger partial charge is 0.486 e. The average molecular weight is 340 g/mol. The van der Waals surface area contributed by atoms with E-state index in [1.54, 1.807) is 24.4 Å². The Morgan fingerprint density at radius 2 is 2.00 bits per heavy atom. The van der Waals surface area contributed by atoms with Crippen molar-refractivity contribution in [3.05, 3.63) is 53.9 Å². The number of para-hydroxylation sites is 1. The summed E-state index contributed by atoms with van der Waals surface area (Å²) in [5.74, 6) is 1.02. The first kappa shape index (κ1) is 15.9. The molecule has 4 rings (SSSR count). The summed E-state index contributed by atoms with van der Waals surface area (Å²) in [5.41, 5.74) is 1.26. The van der Waals surface area contributed by atoms with Crippen molar-refractivity contribution in [3.8, 4) is 11.5 Å². The highest BCUT2D eigenvalue weighted by Crippen LogP contribution is 2.38. The van der Waals surface area contributed by atoms with Gasteiger partial charge in [0, 0.05) is 6.20 Å². The Morgan fingerprint density at radius 3 is 2.76 bits per heavy atom. The summed E-state index contributed by atoms with van der Waals surface area (Å²) in [6.07, 6.45) is 2.74. The quantitative estimate of drug-likeness (QED) is 0.891. The third kappa shape index (κ3) is 3.17. The Bertz CT molecular complexity index is 759. The van der Waals surface area contributed by atoms with E-state index in [1.165, 1.54) is 0 Å².